The molecule has 0 N–H and O–H groups in total. The molecule has 4 heterocycles. The molecule has 0 amide bonds. The van der Waals surface area contributed by atoms with Gasteiger partial charge in [0.2, 0.25) is 0 Å². The van der Waals surface area contributed by atoms with Gasteiger partial charge in [-0.1, -0.05) is 121 Å². The van der Waals surface area contributed by atoms with Gasteiger partial charge < -0.3 is 13.7 Å². The van der Waals surface area contributed by atoms with Crippen LogP contribution in [0.25, 0.3) is 117 Å². The van der Waals surface area contributed by atoms with Crippen LogP contribution in [0.5, 0.6) is 0 Å². The minimum Gasteiger partial charge on any atom is -0.309 e. The van der Waals surface area contributed by atoms with Crippen molar-refractivity contribution in [3.63, 3.8) is 0 Å². The second-order valence-electron chi connectivity index (χ2n) is 16.1. The molecule has 0 aliphatic carbocycles. The first-order chi connectivity index (χ1) is 31.2. The van der Waals surface area contributed by atoms with Crippen molar-refractivity contribution in [3.05, 3.63) is 218 Å². The molecule has 13 rings (SSSR count). The van der Waals surface area contributed by atoms with Crippen LogP contribution in [0.3, 0.4) is 0 Å². The lowest BCUT2D eigenvalue weighted by Crippen LogP contribution is -2.01. The van der Waals surface area contributed by atoms with E-state index in [1.54, 1.807) is 0 Å². The van der Waals surface area contributed by atoms with Crippen molar-refractivity contribution in [1.82, 2.24) is 28.7 Å². The van der Waals surface area contributed by atoms with Crippen LogP contribution in [0.2, 0.25) is 0 Å². The topological polar surface area (TPSA) is 53.5 Å². The van der Waals surface area contributed by atoms with Crippen molar-refractivity contribution < 1.29 is 0 Å². The monoisotopic (exact) mass is 804 g/mol. The van der Waals surface area contributed by atoms with Crippen LogP contribution in [0.1, 0.15) is 0 Å². The fraction of sp³-hybridized carbons (Fsp3) is 0. The van der Waals surface area contributed by atoms with Crippen molar-refractivity contribution >= 4 is 65.4 Å². The van der Waals surface area contributed by atoms with Crippen molar-refractivity contribution in [2.24, 2.45) is 0 Å². The number of aromatic nitrogens is 6. The highest BCUT2D eigenvalue weighted by Crippen LogP contribution is 2.38. The molecule has 9 aromatic carbocycles. The Morgan fingerprint density at radius 2 is 0.556 bits per heavy atom. The molecule has 0 fully saturated rings. The first kappa shape index (κ1) is 35.2. The zero-order chi connectivity index (χ0) is 41.4. The maximum Gasteiger partial charge on any atom is 0.164 e. The fourth-order valence-electron chi connectivity index (χ4n) is 9.66. The highest BCUT2D eigenvalue weighted by Gasteiger charge is 2.19. The third-order valence-corrected chi connectivity index (χ3v) is 12.5. The smallest absolute Gasteiger partial charge is 0.164 e. The third kappa shape index (κ3) is 5.55. The lowest BCUT2D eigenvalue weighted by Gasteiger charge is -2.12. The molecule has 6 heteroatoms. The average Bonchev–Trinajstić information content (AvgIpc) is 4.00. The molecule has 0 aliphatic heterocycles. The van der Waals surface area contributed by atoms with Crippen LogP contribution in [0.15, 0.2) is 218 Å². The molecule has 0 unspecified atom stereocenters. The Morgan fingerprint density at radius 1 is 0.222 bits per heavy atom. The summed E-state index contributed by atoms with van der Waals surface area (Å²) in [5.41, 5.74) is 13.1. The van der Waals surface area contributed by atoms with Crippen LogP contribution in [-0.2, 0) is 0 Å². The molecule has 0 saturated heterocycles. The summed E-state index contributed by atoms with van der Waals surface area (Å²) in [5.74, 6) is 1.88. The van der Waals surface area contributed by atoms with E-state index in [0.717, 1.165) is 61.2 Å². The second kappa shape index (κ2) is 14.0. The van der Waals surface area contributed by atoms with Gasteiger partial charge in [0.05, 0.1) is 33.1 Å². The fourth-order valence-corrected chi connectivity index (χ4v) is 9.66. The van der Waals surface area contributed by atoms with Crippen LogP contribution in [0.4, 0.5) is 0 Å². The Labute approximate surface area is 362 Å². The molecular formula is C57H36N6. The largest absolute Gasteiger partial charge is 0.309 e. The number of hydrogen-bond donors (Lipinski definition) is 0. The SMILES string of the molecule is c1ccc(-c2nc(-c3ccc(-n4c5ccccc5c5cc(-n6c7ccccc7c7ccccc76)ccc54)cc3)nc(-c3ccc4c(c3)c3ccccc3n4-c3ccccc3)n2)cc1. The number of rotatable bonds is 6. The number of benzene rings is 9. The first-order valence-electron chi connectivity index (χ1n) is 21.3. The third-order valence-electron chi connectivity index (χ3n) is 12.5. The molecule has 4 aromatic heterocycles. The standard InChI is InChI=1S/C57H36N6/c1-3-15-37(16-4-1)55-58-56(60-57(59-55)39-29-33-53-47(35-39)45-21-9-13-25-51(45)61(53)40-17-5-2-6-18-40)38-27-30-41(31-28-38)62-52-26-14-10-22-46(52)48-36-42(32-34-54(48)62)63-49-23-11-7-19-43(49)44-20-8-12-24-50(44)63/h1-36H. The zero-order valence-electron chi connectivity index (χ0n) is 34.0. The van der Waals surface area contributed by atoms with Gasteiger partial charge in [-0.15, -0.1) is 0 Å². The first-order valence-corrected chi connectivity index (χ1v) is 21.3. The molecule has 0 atom stereocenters. The minimum absolute atomic E-state index is 0.621. The van der Waals surface area contributed by atoms with E-state index in [4.69, 9.17) is 15.0 Å². The van der Waals surface area contributed by atoms with Gasteiger partial charge in [-0.2, -0.15) is 0 Å². The quantitative estimate of drug-likeness (QED) is 0.168. The Morgan fingerprint density at radius 3 is 1.10 bits per heavy atom. The van der Waals surface area contributed by atoms with Crippen LogP contribution >= 0.6 is 0 Å². The van der Waals surface area contributed by atoms with Gasteiger partial charge >= 0.3 is 0 Å². The number of fused-ring (bicyclic) bond motifs is 9. The lowest BCUT2D eigenvalue weighted by atomic mass is 10.1. The number of hydrogen-bond acceptors (Lipinski definition) is 3. The molecule has 13 aromatic rings. The van der Waals surface area contributed by atoms with Gasteiger partial charge in [0.25, 0.3) is 0 Å². The molecule has 0 spiro atoms. The maximum atomic E-state index is 5.18. The van der Waals surface area contributed by atoms with E-state index >= 15 is 0 Å². The highest BCUT2D eigenvalue weighted by molar-refractivity contribution is 6.13. The molecule has 0 bridgehead atoms. The summed E-state index contributed by atoms with van der Waals surface area (Å²) in [7, 11) is 0. The van der Waals surface area contributed by atoms with Crippen molar-refractivity contribution in [2.45, 2.75) is 0 Å². The Kier molecular flexibility index (Phi) is 7.80. The van der Waals surface area contributed by atoms with Crippen LogP contribution in [0, 0.1) is 0 Å². The lowest BCUT2D eigenvalue weighted by molar-refractivity contribution is 1.07. The molecule has 63 heavy (non-hydrogen) atoms. The van der Waals surface area contributed by atoms with E-state index in [-0.39, 0.29) is 0 Å². The van der Waals surface area contributed by atoms with Crippen molar-refractivity contribution in [2.75, 3.05) is 0 Å². The highest BCUT2D eigenvalue weighted by atomic mass is 15.0. The molecule has 0 aliphatic rings. The van der Waals surface area contributed by atoms with Gasteiger partial charge in [0.1, 0.15) is 0 Å². The zero-order valence-corrected chi connectivity index (χ0v) is 34.0. The number of nitrogens with zero attached hydrogens (tertiary/aromatic N) is 6. The Balaban J connectivity index is 0.933. The van der Waals surface area contributed by atoms with E-state index in [2.05, 4.69) is 214 Å². The van der Waals surface area contributed by atoms with Gasteiger partial charge in [0.15, 0.2) is 17.5 Å². The van der Waals surface area contributed by atoms with Crippen LogP contribution in [-0.4, -0.2) is 28.7 Å². The Bertz CT molecular complexity index is 3840. The second-order valence-corrected chi connectivity index (χ2v) is 16.1. The summed E-state index contributed by atoms with van der Waals surface area (Å²) >= 11 is 0. The van der Waals surface area contributed by atoms with E-state index in [1.807, 2.05) is 18.2 Å². The summed E-state index contributed by atoms with van der Waals surface area (Å²) in [4.78, 5) is 15.4. The van der Waals surface area contributed by atoms with Crippen molar-refractivity contribution in [1.29, 1.82) is 0 Å². The van der Waals surface area contributed by atoms with E-state index in [9.17, 15) is 0 Å². The maximum absolute atomic E-state index is 5.18. The van der Waals surface area contributed by atoms with E-state index in [1.165, 1.54) is 38.0 Å². The summed E-state index contributed by atoms with van der Waals surface area (Å²) in [6.07, 6.45) is 0. The molecule has 0 radical (unpaired) electrons. The molecule has 0 saturated carbocycles. The summed E-state index contributed by atoms with van der Waals surface area (Å²) in [6, 6.07) is 77.3. The minimum atomic E-state index is 0.621. The van der Waals surface area contributed by atoms with E-state index < -0.39 is 0 Å². The summed E-state index contributed by atoms with van der Waals surface area (Å²) in [6.45, 7) is 0. The van der Waals surface area contributed by atoms with Gasteiger partial charge in [0, 0.05) is 66.1 Å². The van der Waals surface area contributed by atoms with Gasteiger partial charge in [-0.3, -0.25) is 0 Å². The summed E-state index contributed by atoms with van der Waals surface area (Å²) < 4.78 is 7.07. The van der Waals surface area contributed by atoms with Crippen LogP contribution < -0.4 is 0 Å². The van der Waals surface area contributed by atoms with E-state index in [0.29, 0.717) is 17.5 Å². The molecule has 6 nitrogen and oxygen atoms in total. The molecular weight excluding hydrogens is 769 g/mol. The number of para-hydroxylation sites is 5. The van der Waals surface area contributed by atoms with Gasteiger partial charge in [-0.25, -0.2) is 15.0 Å². The predicted molar refractivity (Wildman–Crippen MR) is 259 cm³/mol. The Hall–Kier alpha value is -8.61. The van der Waals surface area contributed by atoms with Gasteiger partial charge in [-0.05, 0) is 97.1 Å². The molecule has 294 valence electrons. The van der Waals surface area contributed by atoms with Crippen molar-refractivity contribution in [3.8, 4) is 51.2 Å². The summed E-state index contributed by atoms with van der Waals surface area (Å²) in [5, 5.41) is 7.24. The predicted octanol–water partition coefficient (Wildman–Crippen LogP) is 14.2. The average molecular weight is 805 g/mol. The normalized spacial score (nSPS) is 11.8.